The zero-order chi connectivity index (χ0) is 17.7. The Kier molecular flexibility index (Phi) is 6.23. The first-order chi connectivity index (χ1) is 11.5. The van der Waals surface area contributed by atoms with Gasteiger partial charge in [-0.2, -0.15) is 0 Å². The van der Waals surface area contributed by atoms with Gasteiger partial charge in [0.05, 0.1) is 6.61 Å². The topological polar surface area (TPSA) is 49.9 Å². The lowest BCUT2D eigenvalue weighted by molar-refractivity contribution is -0.132. The molecule has 1 aliphatic heterocycles. The second kappa shape index (κ2) is 8.18. The van der Waals surface area contributed by atoms with Gasteiger partial charge in [-0.3, -0.25) is 9.59 Å². The van der Waals surface area contributed by atoms with Gasteiger partial charge in [-0.05, 0) is 50.5 Å². The Morgan fingerprint density at radius 1 is 1.00 bits per heavy atom. The number of piperazine rings is 1. The number of nitrogens with zero attached hydrogens (tertiary/aromatic N) is 2. The summed E-state index contributed by atoms with van der Waals surface area (Å²) in [4.78, 5) is 28.5. The van der Waals surface area contributed by atoms with Gasteiger partial charge in [-0.15, -0.1) is 0 Å². The maximum absolute atomic E-state index is 12.8. The van der Waals surface area contributed by atoms with E-state index >= 15 is 0 Å². The van der Waals surface area contributed by atoms with Crippen LogP contribution in [-0.4, -0.2) is 54.4 Å². The lowest BCUT2D eigenvalue weighted by Gasteiger charge is -2.35. The standard InChI is InChI=1S/C19H28N2O3/c1-5-7-18(22)20-8-10-21(11-9-20)19(23)16-12-15(4)17(24-6-2)13-14(16)3/h12-13H,5-11H2,1-4H3. The molecule has 2 amide bonds. The monoisotopic (exact) mass is 332 g/mol. The van der Waals surface area contributed by atoms with Crippen LogP contribution in [0.4, 0.5) is 0 Å². The van der Waals surface area contributed by atoms with Gasteiger partial charge in [0, 0.05) is 38.2 Å². The molecule has 0 aliphatic carbocycles. The lowest BCUT2D eigenvalue weighted by Crippen LogP contribution is -2.50. The first-order valence-corrected chi connectivity index (χ1v) is 8.79. The fourth-order valence-corrected chi connectivity index (χ4v) is 3.03. The van der Waals surface area contributed by atoms with Gasteiger partial charge < -0.3 is 14.5 Å². The molecule has 0 unspecified atom stereocenters. The number of rotatable bonds is 5. The highest BCUT2D eigenvalue weighted by Gasteiger charge is 2.25. The Morgan fingerprint density at radius 3 is 2.21 bits per heavy atom. The summed E-state index contributed by atoms with van der Waals surface area (Å²) >= 11 is 0. The van der Waals surface area contributed by atoms with Crippen molar-refractivity contribution in [3.05, 3.63) is 28.8 Å². The summed E-state index contributed by atoms with van der Waals surface area (Å²) in [5.41, 5.74) is 2.63. The molecule has 0 radical (unpaired) electrons. The maximum Gasteiger partial charge on any atom is 0.254 e. The van der Waals surface area contributed by atoms with E-state index in [1.807, 2.05) is 49.6 Å². The van der Waals surface area contributed by atoms with Crippen LogP contribution < -0.4 is 4.74 Å². The van der Waals surface area contributed by atoms with Gasteiger partial charge in [0.15, 0.2) is 0 Å². The third-order valence-electron chi connectivity index (χ3n) is 4.44. The van der Waals surface area contributed by atoms with E-state index in [0.29, 0.717) is 39.2 Å². The number of carbonyl (C=O) groups excluding carboxylic acids is 2. The van der Waals surface area contributed by atoms with Crippen molar-refractivity contribution < 1.29 is 14.3 Å². The highest BCUT2D eigenvalue weighted by molar-refractivity contribution is 5.96. The van der Waals surface area contributed by atoms with Gasteiger partial charge in [0.1, 0.15) is 5.75 Å². The van der Waals surface area contributed by atoms with Crippen molar-refractivity contribution in [2.24, 2.45) is 0 Å². The number of hydrogen-bond acceptors (Lipinski definition) is 3. The van der Waals surface area contributed by atoms with E-state index in [9.17, 15) is 9.59 Å². The zero-order valence-electron chi connectivity index (χ0n) is 15.2. The predicted octanol–water partition coefficient (Wildman–Crippen LogP) is 2.79. The minimum absolute atomic E-state index is 0.0428. The normalized spacial score (nSPS) is 14.7. The third kappa shape index (κ3) is 4.08. The summed E-state index contributed by atoms with van der Waals surface area (Å²) in [5, 5.41) is 0. The number of ether oxygens (including phenoxy) is 1. The van der Waals surface area contributed by atoms with Crippen LogP contribution >= 0.6 is 0 Å². The number of benzene rings is 1. The number of hydrogen-bond donors (Lipinski definition) is 0. The van der Waals surface area contributed by atoms with E-state index < -0.39 is 0 Å². The second-order valence-corrected chi connectivity index (χ2v) is 6.29. The van der Waals surface area contributed by atoms with Crippen molar-refractivity contribution in [1.82, 2.24) is 9.80 Å². The Hall–Kier alpha value is -2.04. The van der Waals surface area contributed by atoms with Gasteiger partial charge >= 0.3 is 0 Å². The zero-order valence-corrected chi connectivity index (χ0v) is 15.2. The Labute approximate surface area is 144 Å². The molecule has 0 spiro atoms. The number of amides is 2. The summed E-state index contributed by atoms with van der Waals surface area (Å²) in [6.07, 6.45) is 1.45. The van der Waals surface area contributed by atoms with Crippen molar-refractivity contribution in [2.75, 3.05) is 32.8 Å². The Morgan fingerprint density at radius 2 is 1.62 bits per heavy atom. The largest absolute Gasteiger partial charge is 0.494 e. The molecule has 0 atom stereocenters. The molecule has 0 saturated carbocycles. The van der Waals surface area contributed by atoms with E-state index in [-0.39, 0.29) is 11.8 Å². The SMILES string of the molecule is CCCC(=O)N1CCN(C(=O)c2cc(C)c(OCC)cc2C)CC1. The molecule has 0 aromatic heterocycles. The Bertz CT molecular complexity index is 605. The van der Waals surface area contributed by atoms with Gasteiger partial charge in [-0.1, -0.05) is 6.92 Å². The minimum Gasteiger partial charge on any atom is -0.494 e. The van der Waals surface area contributed by atoms with Crippen LogP contribution in [0.25, 0.3) is 0 Å². The van der Waals surface area contributed by atoms with Crippen LogP contribution in [-0.2, 0) is 4.79 Å². The molecular formula is C19H28N2O3. The first kappa shape index (κ1) is 18.3. The van der Waals surface area contributed by atoms with Crippen LogP contribution in [0.1, 0.15) is 48.2 Å². The van der Waals surface area contributed by atoms with Crippen LogP contribution in [0.2, 0.25) is 0 Å². The summed E-state index contributed by atoms with van der Waals surface area (Å²) in [7, 11) is 0. The molecule has 2 rings (SSSR count). The van der Waals surface area contributed by atoms with Crippen LogP contribution in [0.15, 0.2) is 12.1 Å². The van der Waals surface area contributed by atoms with Crippen LogP contribution in [0.3, 0.4) is 0 Å². The highest BCUT2D eigenvalue weighted by Crippen LogP contribution is 2.24. The van der Waals surface area contributed by atoms with Crippen LogP contribution in [0.5, 0.6) is 5.75 Å². The third-order valence-corrected chi connectivity index (χ3v) is 4.44. The molecule has 1 saturated heterocycles. The molecule has 5 nitrogen and oxygen atoms in total. The smallest absolute Gasteiger partial charge is 0.254 e. The van der Waals surface area contributed by atoms with Crippen molar-refractivity contribution in [1.29, 1.82) is 0 Å². The van der Waals surface area contributed by atoms with Crippen molar-refractivity contribution >= 4 is 11.8 Å². The predicted molar refractivity (Wildman–Crippen MR) is 94.5 cm³/mol. The fourth-order valence-electron chi connectivity index (χ4n) is 3.03. The fraction of sp³-hybridized carbons (Fsp3) is 0.579. The summed E-state index contributed by atoms with van der Waals surface area (Å²) in [5.74, 6) is 1.07. The summed E-state index contributed by atoms with van der Waals surface area (Å²) in [6.45, 7) is 10.9. The molecule has 1 aromatic rings. The molecule has 1 aromatic carbocycles. The van der Waals surface area contributed by atoms with E-state index in [1.165, 1.54) is 0 Å². The van der Waals surface area contributed by atoms with E-state index in [1.54, 1.807) is 0 Å². The molecule has 0 bridgehead atoms. The Balaban J connectivity index is 2.05. The van der Waals surface area contributed by atoms with E-state index in [2.05, 4.69) is 0 Å². The molecule has 0 N–H and O–H groups in total. The summed E-state index contributed by atoms with van der Waals surface area (Å²) < 4.78 is 5.59. The molecule has 1 heterocycles. The molecule has 1 aliphatic rings. The molecule has 5 heteroatoms. The first-order valence-electron chi connectivity index (χ1n) is 8.79. The van der Waals surface area contributed by atoms with Gasteiger partial charge in [0.25, 0.3) is 5.91 Å². The molecule has 1 fully saturated rings. The molecular weight excluding hydrogens is 304 g/mol. The van der Waals surface area contributed by atoms with E-state index in [4.69, 9.17) is 4.74 Å². The molecule has 24 heavy (non-hydrogen) atoms. The lowest BCUT2D eigenvalue weighted by atomic mass is 10.0. The van der Waals surface area contributed by atoms with Gasteiger partial charge in [-0.25, -0.2) is 0 Å². The summed E-state index contributed by atoms with van der Waals surface area (Å²) in [6, 6.07) is 3.85. The average Bonchev–Trinajstić information content (AvgIpc) is 2.58. The second-order valence-electron chi connectivity index (χ2n) is 6.29. The van der Waals surface area contributed by atoms with E-state index in [0.717, 1.165) is 28.9 Å². The molecule has 132 valence electrons. The number of carbonyl (C=O) groups is 2. The van der Waals surface area contributed by atoms with Crippen molar-refractivity contribution in [3.8, 4) is 5.75 Å². The number of aryl methyl sites for hydroxylation is 2. The quantitative estimate of drug-likeness (QED) is 0.833. The van der Waals surface area contributed by atoms with Crippen LogP contribution in [0, 0.1) is 13.8 Å². The average molecular weight is 332 g/mol. The van der Waals surface area contributed by atoms with Crippen molar-refractivity contribution in [2.45, 2.75) is 40.5 Å². The van der Waals surface area contributed by atoms with Gasteiger partial charge in [0.2, 0.25) is 5.91 Å². The maximum atomic E-state index is 12.8. The van der Waals surface area contributed by atoms with Crippen molar-refractivity contribution in [3.63, 3.8) is 0 Å². The minimum atomic E-state index is 0.0428. The highest BCUT2D eigenvalue weighted by atomic mass is 16.5.